The number of hydrogen-bond donors (Lipinski definition) is 4. The molecule has 3 aromatic rings. The summed E-state index contributed by atoms with van der Waals surface area (Å²) in [6.07, 6.45) is 0.0215. The van der Waals surface area contributed by atoms with Crippen molar-refractivity contribution in [2.24, 2.45) is 0 Å². The van der Waals surface area contributed by atoms with Gasteiger partial charge in [-0.05, 0) is 31.2 Å². The highest BCUT2D eigenvalue weighted by molar-refractivity contribution is 7.22. The number of aromatic nitrogens is 1. The number of benzene rings is 2. The zero-order valence-electron chi connectivity index (χ0n) is 15.7. The van der Waals surface area contributed by atoms with Gasteiger partial charge in [-0.25, -0.2) is 15.6 Å². The molecule has 1 atom stereocenters. The minimum atomic E-state index is -0.727. The zero-order chi connectivity index (χ0) is 20.2. The number of rotatable bonds is 5. The quantitative estimate of drug-likeness (QED) is 0.504. The fourth-order valence-electron chi connectivity index (χ4n) is 2.97. The van der Waals surface area contributed by atoms with Crippen molar-refractivity contribution < 1.29 is 19.3 Å². The lowest BCUT2D eigenvalue weighted by molar-refractivity contribution is -0.490. The monoisotopic (exact) mass is 410 g/mol. The second-order valence-electron chi connectivity index (χ2n) is 6.35. The minimum absolute atomic E-state index is 0.0215. The van der Waals surface area contributed by atoms with E-state index in [1.807, 2.05) is 43.3 Å². The third-order valence-electron chi connectivity index (χ3n) is 4.26. The molecule has 9 heteroatoms. The fourth-order valence-corrected chi connectivity index (χ4v) is 3.84. The Hall–Kier alpha value is -3.46. The maximum Gasteiger partial charge on any atom is 0.358 e. The first-order chi connectivity index (χ1) is 14.1. The van der Waals surface area contributed by atoms with Crippen molar-refractivity contribution in [2.75, 3.05) is 17.2 Å². The molecule has 0 bridgehead atoms. The maximum absolute atomic E-state index is 12.7. The highest BCUT2D eigenvalue weighted by atomic mass is 32.1. The Morgan fingerprint density at radius 2 is 2.07 bits per heavy atom. The number of nitrogens with one attached hydrogen (secondary N) is 4. The van der Waals surface area contributed by atoms with Crippen molar-refractivity contribution in [3.63, 3.8) is 0 Å². The van der Waals surface area contributed by atoms with Gasteiger partial charge in [0, 0.05) is 0 Å². The number of amides is 2. The predicted octanol–water partition coefficient (Wildman–Crippen LogP) is 1.07. The smallest absolute Gasteiger partial charge is 0.358 e. The summed E-state index contributed by atoms with van der Waals surface area (Å²) < 4.78 is 6.56. The Kier molecular flexibility index (Phi) is 5.39. The van der Waals surface area contributed by atoms with Crippen LogP contribution in [-0.4, -0.2) is 35.4 Å². The van der Waals surface area contributed by atoms with Crippen molar-refractivity contribution in [3.8, 4) is 5.75 Å². The van der Waals surface area contributed by atoms with E-state index in [0.29, 0.717) is 29.1 Å². The van der Waals surface area contributed by atoms with Crippen molar-refractivity contribution in [1.82, 2.24) is 10.3 Å². The number of fused-ring (bicyclic) bond motifs is 1. The van der Waals surface area contributed by atoms with Gasteiger partial charge >= 0.3 is 5.96 Å². The highest BCUT2D eigenvalue weighted by Gasteiger charge is 2.32. The van der Waals surface area contributed by atoms with Crippen LogP contribution < -0.4 is 25.7 Å². The van der Waals surface area contributed by atoms with Crippen LogP contribution in [0.3, 0.4) is 0 Å². The summed E-state index contributed by atoms with van der Waals surface area (Å²) in [6, 6.07) is 14.2. The van der Waals surface area contributed by atoms with Crippen LogP contribution in [-0.2, 0) is 9.59 Å². The van der Waals surface area contributed by atoms with Crippen LogP contribution in [0.4, 0.5) is 10.8 Å². The van der Waals surface area contributed by atoms with Gasteiger partial charge in [0.25, 0.3) is 16.9 Å². The van der Waals surface area contributed by atoms with Gasteiger partial charge in [0.05, 0.1) is 28.9 Å². The van der Waals surface area contributed by atoms with Gasteiger partial charge in [0.2, 0.25) is 0 Å². The molecule has 2 aromatic carbocycles. The van der Waals surface area contributed by atoms with Gasteiger partial charge in [-0.2, -0.15) is 0 Å². The molecule has 1 aliphatic heterocycles. The van der Waals surface area contributed by atoms with Crippen LogP contribution in [0.15, 0.2) is 48.5 Å². The maximum atomic E-state index is 12.7. The summed E-state index contributed by atoms with van der Waals surface area (Å²) >= 11 is 1.46. The molecule has 2 amide bonds. The fraction of sp³-hybridized carbons (Fsp3) is 0.200. The molecule has 1 aliphatic rings. The molecule has 0 spiro atoms. The van der Waals surface area contributed by atoms with Crippen molar-refractivity contribution in [2.45, 2.75) is 19.4 Å². The average Bonchev–Trinajstić information content (AvgIpc) is 3.11. The van der Waals surface area contributed by atoms with Crippen molar-refractivity contribution in [1.29, 1.82) is 0 Å². The molecule has 0 unspecified atom stereocenters. The van der Waals surface area contributed by atoms with Gasteiger partial charge < -0.3 is 10.1 Å². The van der Waals surface area contributed by atoms with Crippen LogP contribution in [0.2, 0.25) is 0 Å². The summed E-state index contributed by atoms with van der Waals surface area (Å²) in [5.74, 6) is 0.333. The standard InChI is InChI=1S/C20H19N5O3S/c1-2-28-15-9-5-3-7-12(15)21-18(27)14-11-17(26)24-19(22-14)25-20-23-13-8-4-6-10-16(13)29-20/h3-10,14H,2,11H2,1H3,(H,21,27)(H2,22,23,24,25,26)/p+1/t14-/m0/s1. The van der Waals surface area contributed by atoms with E-state index in [4.69, 9.17) is 4.74 Å². The largest absolute Gasteiger partial charge is 0.492 e. The molecule has 148 valence electrons. The van der Waals surface area contributed by atoms with Gasteiger partial charge in [-0.1, -0.05) is 35.6 Å². The van der Waals surface area contributed by atoms with E-state index < -0.39 is 6.04 Å². The number of nitrogens with zero attached hydrogens (tertiary/aromatic N) is 1. The molecular formula is C20H20N5O3S+. The lowest BCUT2D eigenvalue weighted by atomic mass is 10.1. The third-order valence-corrected chi connectivity index (χ3v) is 5.21. The Bertz CT molecular complexity index is 1060. The van der Waals surface area contributed by atoms with Crippen molar-refractivity contribution >= 4 is 50.1 Å². The SMILES string of the molecule is CCOc1ccccc1NC(=O)[C@@H]1CC(=O)NC(Nc2nc3ccccc3s2)=[NH+]1. The number of anilines is 2. The van der Waals surface area contributed by atoms with Crippen molar-refractivity contribution in [3.05, 3.63) is 48.5 Å². The topological polar surface area (TPSA) is 106 Å². The molecule has 0 radical (unpaired) electrons. The molecule has 4 N–H and O–H groups in total. The number of hydrogen-bond acceptors (Lipinski definition) is 6. The normalized spacial score (nSPS) is 16.1. The molecular weight excluding hydrogens is 390 g/mol. The first-order valence-electron chi connectivity index (χ1n) is 9.21. The van der Waals surface area contributed by atoms with E-state index >= 15 is 0 Å². The minimum Gasteiger partial charge on any atom is -0.492 e. The van der Waals surface area contributed by atoms with Gasteiger partial charge in [-0.3, -0.25) is 14.6 Å². The first kappa shape index (κ1) is 18.9. The molecule has 4 rings (SSSR count). The number of thiazole rings is 1. The van der Waals surface area contributed by atoms with Crippen LogP contribution in [0.1, 0.15) is 13.3 Å². The highest BCUT2D eigenvalue weighted by Crippen LogP contribution is 2.25. The zero-order valence-corrected chi connectivity index (χ0v) is 16.5. The lowest BCUT2D eigenvalue weighted by Gasteiger charge is -2.17. The molecule has 0 saturated heterocycles. The second-order valence-corrected chi connectivity index (χ2v) is 7.39. The van der Waals surface area contributed by atoms with Crippen LogP contribution in [0.5, 0.6) is 5.75 Å². The van der Waals surface area contributed by atoms with Crippen LogP contribution in [0, 0.1) is 0 Å². The predicted molar refractivity (Wildman–Crippen MR) is 112 cm³/mol. The Balaban J connectivity index is 1.51. The van der Waals surface area contributed by atoms with Gasteiger partial charge in [0.1, 0.15) is 5.75 Å². The Labute approximate surface area is 171 Å². The molecule has 0 aliphatic carbocycles. The number of carbonyl (C=O) groups is 2. The van der Waals surface area contributed by atoms with E-state index in [1.54, 1.807) is 12.1 Å². The van der Waals surface area contributed by atoms with Crippen LogP contribution >= 0.6 is 11.3 Å². The lowest BCUT2D eigenvalue weighted by Crippen LogP contribution is -2.89. The average molecular weight is 410 g/mol. The molecule has 1 aromatic heterocycles. The van der Waals surface area contributed by atoms with E-state index in [-0.39, 0.29) is 18.2 Å². The Morgan fingerprint density at radius 1 is 1.28 bits per heavy atom. The summed E-state index contributed by atoms with van der Waals surface area (Å²) in [6.45, 7) is 2.36. The third kappa shape index (κ3) is 4.35. The van der Waals surface area contributed by atoms with E-state index in [1.165, 1.54) is 11.3 Å². The summed E-state index contributed by atoms with van der Waals surface area (Å²) in [4.78, 5) is 32.4. The van der Waals surface area contributed by atoms with Gasteiger partial charge in [-0.15, -0.1) is 0 Å². The first-order valence-corrected chi connectivity index (χ1v) is 10.0. The van der Waals surface area contributed by atoms with E-state index in [2.05, 4.69) is 25.9 Å². The molecule has 29 heavy (non-hydrogen) atoms. The number of guanidine groups is 1. The summed E-state index contributed by atoms with van der Waals surface area (Å²) in [5.41, 5.74) is 1.43. The summed E-state index contributed by atoms with van der Waals surface area (Å²) in [5, 5.41) is 9.22. The van der Waals surface area contributed by atoms with E-state index in [0.717, 1.165) is 10.2 Å². The molecule has 0 saturated carbocycles. The molecule has 2 heterocycles. The van der Waals surface area contributed by atoms with E-state index in [9.17, 15) is 9.59 Å². The van der Waals surface area contributed by atoms with Gasteiger partial charge in [0.15, 0.2) is 6.04 Å². The number of carbonyl (C=O) groups excluding carboxylic acids is 2. The number of ether oxygens (including phenoxy) is 1. The Morgan fingerprint density at radius 3 is 2.90 bits per heavy atom. The van der Waals surface area contributed by atoms with Crippen LogP contribution in [0.25, 0.3) is 10.2 Å². The second kappa shape index (κ2) is 8.27. The number of para-hydroxylation sites is 3. The summed E-state index contributed by atoms with van der Waals surface area (Å²) in [7, 11) is 0. The molecule has 0 fully saturated rings. The molecule has 8 nitrogen and oxygen atoms in total.